The predicted octanol–water partition coefficient (Wildman–Crippen LogP) is 5.52. The third-order valence-corrected chi connectivity index (χ3v) is 7.72. The minimum absolute atomic E-state index is 0.629. The average Bonchev–Trinajstić information content (AvgIpc) is 3.63. The maximum absolute atomic E-state index is 5.27. The number of nitrogens with one attached hydrogen (secondary N) is 1. The fourth-order valence-corrected chi connectivity index (χ4v) is 5.97. The van der Waals surface area contributed by atoms with E-state index in [0.29, 0.717) is 6.73 Å². The van der Waals surface area contributed by atoms with Crippen LogP contribution in [0.1, 0.15) is 16.0 Å². The summed E-state index contributed by atoms with van der Waals surface area (Å²) in [7, 11) is 1.98. The van der Waals surface area contributed by atoms with Gasteiger partial charge in [0.05, 0.1) is 23.1 Å². The Kier molecular flexibility index (Phi) is 4.01. The van der Waals surface area contributed by atoms with Crippen LogP contribution in [-0.2, 0) is 24.8 Å². The molecule has 3 aromatic heterocycles. The highest BCUT2D eigenvalue weighted by Crippen LogP contribution is 2.46. The predicted molar refractivity (Wildman–Crippen MR) is 130 cm³/mol. The van der Waals surface area contributed by atoms with Crippen LogP contribution in [-0.4, -0.2) is 31.6 Å². The van der Waals surface area contributed by atoms with Crippen molar-refractivity contribution in [1.29, 1.82) is 0 Å². The van der Waals surface area contributed by atoms with Crippen LogP contribution in [0, 0.1) is 0 Å². The monoisotopic (exact) mass is 451 g/mol. The summed E-state index contributed by atoms with van der Waals surface area (Å²) in [4.78, 5) is 4.85. The van der Waals surface area contributed by atoms with Crippen molar-refractivity contribution in [3.8, 4) is 33.0 Å². The van der Waals surface area contributed by atoms with Crippen LogP contribution in [0.25, 0.3) is 43.9 Å². The summed E-state index contributed by atoms with van der Waals surface area (Å²) in [5, 5.41) is 13.5. The number of aryl methyl sites for hydroxylation is 1. The largest absolute Gasteiger partial charge is 0.479 e. The van der Waals surface area contributed by atoms with Gasteiger partial charge in [0.25, 0.3) is 0 Å². The third-order valence-electron chi connectivity index (χ3n) is 6.54. The number of thiophene rings is 1. The summed E-state index contributed by atoms with van der Waals surface area (Å²) < 4.78 is 7.18. The lowest BCUT2D eigenvalue weighted by atomic mass is 10.0. The van der Waals surface area contributed by atoms with E-state index in [0.717, 1.165) is 40.8 Å². The molecule has 7 rings (SSSR count). The van der Waals surface area contributed by atoms with Crippen molar-refractivity contribution in [2.45, 2.75) is 13.0 Å². The van der Waals surface area contributed by atoms with Crippen molar-refractivity contribution in [3.63, 3.8) is 0 Å². The molecule has 0 amide bonds. The zero-order valence-electron chi connectivity index (χ0n) is 18.1. The quantitative estimate of drug-likeness (QED) is 0.383. The van der Waals surface area contributed by atoms with E-state index in [1.165, 1.54) is 32.0 Å². The lowest BCUT2D eigenvalue weighted by Gasteiger charge is -2.13. The summed E-state index contributed by atoms with van der Waals surface area (Å²) in [5.41, 5.74) is 9.57. The molecule has 0 radical (unpaired) electrons. The standard InChI is InChI=1S/C26H21N5OS/c1-30-22-10-18(6-7-19(22)13-27-30)25-21-12-24-20(26(21)29-28-25)11-23(33-24)17-4-2-16(3-5-17)14-31-8-9-32-15-31/h2-11,13H,12,14-15H2,1H3,(H,28,29). The summed E-state index contributed by atoms with van der Waals surface area (Å²) in [6, 6.07) is 17.6. The van der Waals surface area contributed by atoms with Crippen LogP contribution >= 0.6 is 11.3 Å². The Hall–Kier alpha value is -3.84. The first-order chi connectivity index (χ1) is 16.2. The molecule has 7 heteroatoms. The normalized spacial score (nSPS) is 14.2. The van der Waals surface area contributed by atoms with Crippen LogP contribution in [0.5, 0.6) is 0 Å². The van der Waals surface area contributed by atoms with Gasteiger partial charge in [-0.3, -0.25) is 9.78 Å². The fraction of sp³-hybridized carbons (Fsp3) is 0.154. The van der Waals surface area contributed by atoms with Gasteiger partial charge in [-0.05, 0) is 23.3 Å². The van der Waals surface area contributed by atoms with E-state index in [9.17, 15) is 0 Å². The van der Waals surface area contributed by atoms with Crippen LogP contribution in [0.4, 0.5) is 0 Å². The van der Waals surface area contributed by atoms with E-state index in [4.69, 9.17) is 9.84 Å². The number of ether oxygens (including phenoxy) is 1. The summed E-state index contributed by atoms with van der Waals surface area (Å²) in [6.07, 6.45) is 6.55. The summed E-state index contributed by atoms with van der Waals surface area (Å²) >= 11 is 1.88. The third kappa shape index (κ3) is 3.00. The molecule has 0 atom stereocenters. The van der Waals surface area contributed by atoms with Gasteiger partial charge in [0.15, 0.2) is 6.73 Å². The molecule has 5 aromatic rings. The molecule has 0 bridgehead atoms. The molecule has 162 valence electrons. The number of hydrogen-bond acceptors (Lipinski definition) is 5. The summed E-state index contributed by atoms with van der Waals surface area (Å²) in [6.45, 7) is 1.49. The van der Waals surface area contributed by atoms with E-state index < -0.39 is 0 Å². The number of benzene rings is 2. The number of fused-ring (bicyclic) bond motifs is 4. The Balaban J connectivity index is 1.18. The zero-order chi connectivity index (χ0) is 21.9. The van der Waals surface area contributed by atoms with Crippen molar-refractivity contribution < 1.29 is 4.74 Å². The fourth-order valence-electron chi connectivity index (χ4n) is 4.78. The number of H-pyrrole nitrogens is 1. The number of nitrogens with zero attached hydrogens (tertiary/aromatic N) is 4. The van der Waals surface area contributed by atoms with E-state index >= 15 is 0 Å². The smallest absolute Gasteiger partial charge is 0.160 e. The van der Waals surface area contributed by atoms with Crippen LogP contribution in [0.3, 0.4) is 0 Å². The molecule has 0 unspecified atom stereocenters. The average molecular weight is 452 g/mol. The molecule has 0 spiro atoms. The molecule has 2 aliphatic rings. The lowest BCUT2D eigenvalue weighted by Crippen LogP contribution is -2.14. The first-order valence-electron chi connectivity index (χ1n) is 11.0. The van der Waals surface area contributed by atoms with Gasteiger partial charge < -0.3 is 9.64 Å². The highest BCUT2D eigenvalue weighted by atomic mass is 32.1. The number of aromatic amines is 1. The Labute approximate surface area is 194 Å². The number of rotatable bonds is 4. The van der Waals surface area contributed by atoms with Crippen molar-refractivity contribution >= 4 is 22.2 Å². The molecule has 0 saturated carbocycles. The van der Waals surface area contributed by atoms with Crippen LogP contribution < -0.4 is 0 Å². The first-order valence-corrected chi connectivity index (χ1v) is 11.8. The zero-order valence-corrected chi connectivity index (χ0v) is 18.9. The van der Waals surface area contributed by atoms with Gasteiger partial charge in [0.1, 0.15) is 6.26 Å². The second kappa shape index (κ2) is 7.08. The molecule has 1 aliphatic heterocycles. The molecule has 4 heterocycles. The van der Waals surface area contributed by atoms with E-state index in [1.807, 2.05) is 35.5 Å². The van der Waals surface area contributed by atoms with E-state index in [2.05, 4.69) is 63.6 Å². The maximum atomic E-state index is 5.27. The van der Waals surface area contributed by atoms with Crippen LogP contribution in [0.2, 0.25) is 0 Å². The van der Waals surface area contributed by atoms with Gasteiger partial charge >= 0.3 is 0 Å². The molecule has 6 nitrogen and oxygen atoms in total. The van der Waals surface area contributed by atoms with Crippen LogP contribution in [0.15, 0.2) is 67.2 Å². The van der Waals surface area contributed by atoms with Gasteiger partial charge in [-0.25, -0.2) is 0 Å². The molecular formula is C26H21N5OS. The second-order valence-electron chi connectivity index (χ2n) is 8.62. The lowest BCUT2D eigenvalue weighted by molar-refractivity contribution is 0.167. The minimum atomic E-state index is 0.629. The van der Waals surface area contributed by atoms with Gasteiger partial charge in [-0.1, -0.05) is 36.4 Å². The Morgan fingerprint density at radius 3 is 2.82 bits per heavy atom. The van der Waals surface area contributed by atoms with E-state index in [-0.39, 0.29) is 0 Å². The number of aromatic nitrogens is 4. The van der Waals surface area contributed by atoms with Gasteiger partial charge in [-0.15, -0.1) is 11.3 Å². The molecule has 1 aliphatic carbocycles. The molecule has 33 heavy (non-hydrogen) atoms. The first kappa shape index (κ1) is 18.7. The van der Waals surface area contributed by atoms with Gasteiger partial charge in [0, 0.05) is 58.0 Å². The molecule has 1 N–H and O–H groups in total. The van der Waals surface area contributed by atoms with Crippen molar-refractivity contribution in [2.75, 3.05) is 6.73 Å². The molecule has 2 aromatic carbocycles. The second-order valence-corrected chi connectivity index (χ2v) is 9.75. The Morgan fingerprint density at radius 2 is 1.97 bits per heavy atom. The summed E-state index contributed by atoms with van der Waals surface area (Å²) in [5.74, 6) is 0. The van der Waals surface area contributed by atoms with Crippen molar-refractivity contribution in [1.82, 2.24) is 24.9 Å². The topological polar surface area (TPSA) is 59.0 Å². The van der Waals surface area contributed by atoms with Crippen molar-refractivity contribution in [3.05, 3.63) is 83.2 Å². The Morgan fingerprint density at radius 1 is 1.09 bits per heavy atom. The van der Waals surface area contributed by atoms with E-state index in [1.54, 1.807) is 6.26 Å². The SMILES string of the molecule is Cn1ncc2ccc(-c3n[nH]c4c3Cc3sc(-c5ccc(CN6C=COC6)cc5)cc3-4)cc21. The molecule has 0 fully saturated rings. The highest BCUT2D eigenvalue weighted by molar-refractivity contribution is 7.16. The molecule has 0 saturated heterocycles. The number of hydrogen-bond donors (Lipinski definition) is 1. The van der Waals surface area contributed by atoms with Gasteiger partial charge in [0.2, 0.25) is 0 Å². The minimum Gasteiger partial charge on any atom is -0.479 e. The Bertz CT molecular complexity index is 1540. The van der Waals surface area contributed by atoms with Crippen molar-refractivity contribution in [2.24, 2.45) is 7.05 Å². The highest BCUT2D eigenvalue weighted by Gasteiger charge is 2.28. The van der Waals surface area contributed by atoms with Gasteiger partial charge in [-0.2, -0.15) is 10.2 Å². The molecular weight excluding hydrogens is 430 g/mol. The maximum Gasteiger partial charge on any atom is 0.160 e.